The normalized spacial score (nSPS) is 25.2. The molecule has 112 valence electrons. The Morgan fingerprint density at radius 2 is 2.19 bits per heavy atom. The van der Waals surface area contributed by atoms with Crippen LogP contribution in [0, 0.1) is 12.0 Å². The molecule has 2 aliphatic rings. The van der Waals surface area contributed by atoms with E-state index in [4.69, 9.17) is 0 Å². The molecule has 2 rings (SSSR count). The molecule has 2 unspecified atom stereocenters. The number of rotatable bonds is 3. The van der Waals surface area contributed by atoms with Crippen LogP contribution in [0.25, 0.3) is 5.32 Å². The second-order valence-corrected chi connectivity index (χ2v) is 5.11. The number of carbonyl (C=O) groups is 3. The molecule has 0 aromatic carbocycles. The molecule has 1 heterocycles. The smallest absolute Gasteiger partial charge is 0.699 e. The molecule has 0 aromatic rings. The SMILES string of the molecule is CCC1C=C(C(=O)[N-]C2CCC(=O)N(C)C2=O)[C-]=CC1.[W+2]. The Bertz CT molecular complexity index is 499. The number of carbonyl (C=O) groups excluding carboxylic acids is 3. The summed E-state index contributed by atoms with van der Waals surface area (Å²) in [4.78, 5) is 36.4. The number of likely N-dealkylation sites (N-methyl/N-ethyl adjacent to an activating group) is 1. The molecule has 0 spiro atoms. The summed E-state index contributed by atoms with van der Waals surface area (Å²) in [6.07, 6.45) is 9.01. The standard InChI is InChI=1S/C15H19N2O3.W/c1-3-10-5-4-6-11(9-10)14(19)16-12-7-8-13(18)17(2)15(12)20;/h4,9-10,12H,3,5,7-8H2,1-2H3,(H,16,19);/q-1;+2/p-1. The van der Waals surface area contributed by atoms with Gasteiger partial charge in [0.05, 0.1) is 0 Å². The first-order valence-corrected chi connectivity index (χ1v) is 6.88. The van der Waals surface area contributed by atoms with Crippen LogP contribution in [-0.4, -0.2) is 35.7 Å². The first-order valence-electron chi connectivity index (χ1n) is 6.88. The van der Waals surface area contributed by atoms with Gasteiger partial charge in [-0.2, -0.15) is 17.7 Å². The number of hydrogen-bond donors (Lipinski definition) is 0. The second kappa shape index (κ2) is 7.69. The topological polar surface area (TPSA) is 68.6 Å². The summed E-state index contributed by atoms with van der Waals surface area (Å²) in [7, 11) is 1.43. The van der Waals surface area contributed by atoms with E-state index in [1.165, 1.54) is 7.05 Å². The summed E-state index contributed by atoms with van der Waals surface area (Å²) >= 11 is 0. The van der Waals surface area contributed by atoms with Crippen LogP contribution in [0.3, 0.4) is 0 Å². The van der Waals surface area contributed by atoms with E-state index >= 15 is 0 Å². The molecule has 21 heavy (non-hydrogen) atoms. The van der Waals surface area contributed by atoms with Crippen LogP contribution >= 0.6 is 0 Å². The molecular weight excluding hydrogens is 440 g/mol. The van der Waals surface area contributed by atoms with Gasteiger partial charge in [0.2, 0.25) is 11.8 Å². The predicted octanol–water partition coefficient (Wildman–Crippen LogP) is 1.75. The van der Waals surface area contributed by atoms with Gasteiger partial charge in [-0.05, 0) is 18.4 Å². The zero-order chi connectivity index (χ0) is 14.7. The number of allylic oxidation sites excluding steroid dienone is 2. The number of likely N-dealkylation sites (tertiary alicyclic amines) is 1. The molecule has 0 saturated carbocycles. The minimum atomic E-state index is -0.741. The van der Waals surface area contributed by atoms with E-state index in [0.29, 0.717) is 17.9 Å². The van der Waals surface area contributed by atoms with Gasteiger partial charge >= 0.3 is 21.1 Å². The fourth-order valence-corrected chi connectivity index (χ4v) is 2.32. The van der Waals surface area contributed by atoms with Gasteiger partial charge in [-0.25, -0.2) is 0 Å². The van der Waals surface area contributed by atoms with Gasteiger partial charge in [0.25, 0.3) is 0 Å². The van der Waals surface area contributed by atoms with Gasteiger partial charge in [0, 0.05) is 13.5 Å². The molecular formula is C15H18N2O3W. The van der Waals surface area contributed by atoms with E-state index in [-0.39, 0.29) is 33.4 Å². The van der Waals surface area contributed by atoms with Gasteiger partial charge in [-0.15, -0.1) is 6.08 Å². The van der Waals surface area contributed by atoms with E-state index in [0.717, 1.165) is 17.7 Å². The molecule has 0 bridgehead atoms. The summed E-state index contributed by atoms with van der Waals surface area (Å²) in [6, 6.07) is -0.741. The maximum atomic E-state index is 12.1. The average molecular weight is 458 g/mol. The number of piperidine rings is 1. The molecule has 0 radical (unpaired) electrons. The van der Waals surface area contributed by atoms with Gasteiger partial charge in [-0.1, -0.05) is 25.7 Å². The minimum absolute atomic E-state index is 0. The van der Waals surface area contributed by atoms with Crippen molar-refractivity contribution in [3.8, 4) is 0 Å². The zero-order valence-electron chi connectivity index (χ0n) is 12.2. The molecule has 2 atom stereocenters. The van der Waals surface area contributed by atoms with Crippen LogP contribution in [0.4, 0.5) is 0 Å². The van der Waals surface area contributed by atoms with Crippen molar-refractivity contribution in [2.45, 2.75) is 38.6 Å². The van der Waals surface area contributed by atoms with E-state index in [1.54, 1.807) is 0 Å². The summed E-state index contributed by atoms with van der Waals surface area (Å²) in [6.45, 7) is 2.06. The van der Waals surface area contributed by atoms with Gasteiger partial charge in [-0.3, -0.25) is 14.5 Å². The Labute approximate surface area is 139 Å². The van der Waals surface area contributed by atoms with E-state index in [1.807, 2.05) is 12.2 Å². The molecule has 1 aliphatic carbocycles. The van der Waals surface area contributed by atoms with Crippen LogP contribution in [0.15, 0.2) is 17.7 Å². The van der Waals surface area contributed by atoms with Crippen molar-refractivity contribution in [3.05, 3.63) is 29.1 Å². The number of hydrogen-bond acceptors (Lipinski definition) is 3. The van der Waals surface area contributed by atoms with E-state index in [2.05, 4.69) is 18.3 Å². The quantitative estimate of drug-likeness (QED) is 0.478. The molecule has 1 saturated heterocycles. The molecule has 6 heteroatoms. The first-order chi connectivity index (χ1) is 9.52. The fraction of sp³-hybridized carbons (Fsp3) is 0.533. The Morgan fingerprint density at radius 3 is 2.86 bits per heavy atom. The van der Waals surface area contributed by atoms with Crippen molar-refractivity contribution >= 4 is 17.7 Å². The second-order valence-electron chi connectivity index (χ2n) is 5.11. The number of imide groups is 1. The Morgan fingerprint density at radius 1 is 1.48 bits per heavy atom. The fourth-order valence-electron chi connectivity index (χ4n) is 2.32. The maximum Gasteiger partial charge on any atom is 2.00 e. The molecule has 1 aliphatic heterocycles. The first kappa shape index (κ1) is 17.8. The minimum Gasteiger partial charge on any atom is -0.699 e. The largest absolute Gasteiger partial charge is 2.00 e. The average Bonchev–Trinajstić information content (AvgIpc) is 2.48. The van der Waals surface area contributed by atoms with Crippen molar-refractivity contribution in [2.24, 2.45) is 5.92 Å². The third-order valence-corrected chi connectivity index (χ3v) is 3.73. The van der Waals surface area contributed by atoms with Gasteiger partial charge in [0.1, 0.15) is 0 Å². The summed E-state index contributed by atoms with van der Waals surface area (Å²) in [5.74, 6) is -0.706. The van der Waals surface area contributed by atoms with Gasteiger partial charge < -0.3 is 10.1 Å². The van der Waals surface area contributed by atoms with Crippen molar-refractivity contribution in [3.63, 3.8) is 0 Å². The third kappa shape index (κ3) is 4.13. The van der Waals surface area contributed by atoms with Crippen LogP contribution < -0.4 is 0 Å². The monoisotopic (exact) mass is 458 g/mol. The molecule has 1 fully saturated rings. The number of nitrogens with zero attached hydrogens (tertiary/aromatic N) is 2. The Kier molecular flexibility index (Phi) is 6.53. The van der Waals surface area contributed by atoms with Crippen molar-refractivity contribution in [2.75, 3.05) is 7.05 Å². The maximum absolute atomic E-state index is 12.1. The molecule has 0 aromatic heterocycles. The summed E-state index contributed by atoms with van der Waals surface area (Å²) in [5.41, 5.74) is 0.426. The predicted molar refractivity (Wildman–Crippen MR) is 73.5 cm³/mol. The zero-order valence-corrected chi connectivity index (χ0v) is 15.1. The third-order valence-electron chi connectivity index (χ3n) is 3.73. The summed E-state index contributed by atoms with van der Waals surface area (Å²) in [5, 5.41) is 3.96. The molecule has 0 N–H and O–H groups in total. The van der Waals surface area contributed by atoms with Gasteiger partial charge in [0.15, 0.2) is 0 Å². The Hall–Kier alpha value is -1.22. The van der Waals surface area contributed by atoms with Crippen LogP contribution in [-0.2, 0) is 35.4 Å². The number of amides is 3. The summed E-state index contributed by atoms with van der Waals surface area (Å²) < 4.78 is 0. The van der Waals surface area contributed by atoms with Crippen LogP contribution in [0.5, 0.6) is 0 Å². The molecule has 5 nitrogen and oxygen atoms in total. The van der Waals surface area contributed by atoms with Crippen molar-refractivity contribution < 1.29 is 35.4 Å². The Balaban J connectivity index is 0.00000220. The van der Waals surface area contributed by atoms with Crippen LogP contribution in [0.2, 0.25) is 0 Å². The van der Waals surface area contributed by atoms with E-state index in [9.17, 15) is 14.4 Å². The van der Waals surface area contributed by atoms with Crippen LogP contribution in [0.1, 0.15) is 32.6 Å². The van der Waals surface area contributed by atoms with E-state index < -0.39 is 17.9 Å². The molecule has 3 amide bonds. The van der Waals surface area contributed by atoms with Crippen molar-refractivity contribution in [1.29, 1.82) is 0 Å². The van der Waals surface area contributed by atoms with Crippen molar-refractivity contribution in [1.82, 2.24) is 4.90 Å².